The van der Waals surface area contributed by atoms with Crippen molar-refractivity contribution in [3.8, 4) is 11.3 Å². The van der Waals surface area contributed by atoms with Crippen molar-refractivity contribution in [1.82, 2.24) is 9.71 Å². The molecule has 6 nitrogen and oxygen atoms in total. The van der Waals surface area contributed by atoms with E-state index in [1.54, 1.807) is 35.7 Å². The number of rotatable bonds is 9. The first kappa shape index (κ1) is 22.4. The van der Waals surface area contributed by atoms with E-state index in [-0.39, 0.29) is 10.7 Å². The normalized spacial score (nSPS) is 12.5. The van der Waals surface area contributed by atoms with Crippen molar-refractivity contribution in [2.24, 2.45) is 0 Å². The van der Waals surface area contributed by atoms with Crippen LogP contribution in [0.25, 0.3) is 11.3 Å². The van der Waals surface area contributed by atoms with Crippen LogP contribution in [-0.4, -0.2) is 37.4 Å². The SMILES string of the molecule is CSCCC(NS(=O)(=O)c1ccccc1)C(=O)Nc1nc(-c2cccc(F)c2)cs1. The molecule has 0 saturated carbocycles. The van der Waals surface area contributed by atoms with Crippen LogP contribution < -0.4 is 10.0 Å². The summed E-state index contributed by atoms with van der Waals surface area (Å²) in [6.45, 7) is 0. The van der Waals surface area contributed by atoms with Crippen LogP contribution in [0.15, 0.2) is 64.9 Å². The monoisotopic (exact) mass is 465 g/mol. The number of benzene rings is 2. The molecule has 10 heteroatoms. The number of nitrogens with one attached hydrogen (secondary N) is 2. The van der Waals surface area contributed by atoms with Gasteiger partial charge in [0.15, 0.2) is 5.13 Å². The first-order valence-corrected chi connectivity index (χ1v) is 12.7. The Morgan fingerprint density at radius 1 is 1.20 bits per heavy atom. The van der Waals surface area contributed by atoms with Crippen molar-refractivity contribution < 1.29 is 17.6 Å². The number of thiazole rings is 1. The average molecular weight is 466 g/mol. The number of sulfonamides is 1. The topological polar surface area (TPSA) is 88.2 Å². The van der Waals surface area contributed by atoms with Crippen molar-refractivity contribution in [3.05, 3.63) is 65.8 Å². The van der Waals surface area contributed by atoms with Crippen LogP contribution >= 0.6 is 23.1 Å². The summed E-state index contributed by atoms with van der Waals surface area (Å²) in [7, 11) is -3.85. The zero-order valence-corrected chi connectivity index (χ0v) is 18.5. The highest BCUT2D eigenvalue weighted by atomic mass is 32.2. The van der Waals surface area contributed by atoms with Crippen LogP contribution in [0, 0.1) is 5.82 Å². The van der Waals surface area contributed by atoms with Crippen LogP contribution in [0.5, 0.6) is 0 Å². The number of nitrogens with zero attached hydrogens (tertiary/aromatic N) is 1. The molecule has 0 radical (unpaired) electrons. The number of amides is 1. The molecule has 1 amide bonds. The number of hydrogen-bond acceptors (Lipinski definition) is 6. The lowest BCUT2D eigenvalue weighted by atomic mass is 10.2. The van der Waals surface area contributed by atoms with E-state index in [1.807, 2.05) is 6.26 Å². The average Bonchev–Trinajstić information content (AvgIpc) is 3.20. The fourth-order valence-corrected chi connectivity index (χ4v) is 5.08. The molecular weight excluding hydrogens is 445 g/mol. The molecule has 3 aromatic rings. The van der Waals surface area contributed by atoms with Gasteiger partial charge in [0.05, 0.1) is 10.6 Å². The first-order valence-electron chi connectivity index (χ1n) is 8.97. The molecule has 0 saturated heterocycles. The maximum Gasteiger partial charge on any atom is 0.244 e. The van der Waals surface area contributed by atoms with Crippen LogP contribution in [-0.2, 0) is 14.8 Å². The van der Waals surface area contributed by atoms with Gasteiger partial charge < -0.3 is 5.32 Å². The smallest absolute Gasteiger partial charge is 0.244 e. The third-order valence-electron chi connectivity index (χ3n) is 4.13. The second kappa shape index (κ2) is 10.2. The number of hydrogen-bond donors (Lipinski definition) is 2. The fourth-order valence-electron chi connectivity index (χ4n) is 2.64. The maximum absolute atomic E-state index is 13.4. The predicted octanol–water partition coefficient (Wildman–Crippen LogP) is 3.99. The minimum atomic E-state index is -3.85. The van der Waals surface area contributed by atoms with Gasteiger partial charge in [0.25, 0.3) is 0 Å². The molecule has 0 aliphatic heterocycles. The molecule has 0 aliphatic rings. The second-order valence-electron chi connectivity index (χ2n) is 6.31. The van der Waals surface area contributed by atoms with Crippen molar-refractivity contribution in [3.63, 3.8) is 0 Å². The largest absolute Gasteiger partial charge is 0.301 e. The minimum absolute atomic E-state index is 0.0922. The highest BCUT2D eigenvalue weighted by Crippen LogP contribution is 2.25. The Bertz CT molecular complexity index is 1100. The molecule has 30 heavy (non-hydrogen) atoms. The molecule has 1 atom stereocenters. The van der Waals surface area contributed by atoms with E-state index < -0.39 is 22.0 Å². The summed E-state index contributed by atoms with van der Waals surface area (Å²) in [6.07, 6.45) is 2.20. The van der Waals surface area contributed by atoms with Crippen molar-refractivity contribution in [2.75, 3.05) is 17.3 Å². The number of carbonyl (C=O) groups excluding carboxylic acids is 1. The summed E-state index contributed by atoms with van der Waals surface area (Å²) in [5.41, 5.74) is 1.12. The van der Waals surface area contributed by atoms with Gasteiger partial charge in [0, 0.05) is 10.9 Å². The van der Waals surface area contributed by atoms with Gasteiger partial charge in [-0.15, -0.1) is 11.3 Å². The molecule has 1 unspecified atom stereocenters. The van der Waals surface area contributed by atoms with Crippen LogP contribution in [0.4, 0.5) is 9.52 Å². The Balaban J connectivity index is 1.74. The van der Waals surface area contributed by atoms with E-state index in [2.05, 4.69) is 15.0 Å². The zero-order chi connectivity index (χ0) is 21.6. The summed E-state index contributed by atoms with van der Waals surface area (Å²) >= 11 is 2.70. The molecule has 1 aromatic heterocycles. The molecule has 3 rings (SSSR count). The lowest BCUT2D eigenvalue weighted by Crippen LogP contribution is -2.44. The van der Waals surface area contributed by atoms with Crippen LogP contribution in [0.1, 0.15) is 6.42 Å². The maximum atomic E-state index is 13.4. The van der Waals surface area contributed by atoms with Crippen molar-refractivity contribution >= 4 is 44.2 Å². The molecular formula is C20H20FN3O3S3. The van der Waals surface area contributed by atoms with E-state index in [9.17, 15) is 17.6 Å². The number of anilines is 1. The summed E-state index contributed by atoms with van der Waals surface area (Å²) < 4.78 is 41.2. The molecule has 0 bridgehead atoms. The van der Waals surface area contributed by atoms with Gasteiger partial charge in [-0.25, -0.2) is 17.8 Å². The Morgan fingerprint density at radius 2 is 1.97 bits per heavy atom. The fraction of sp³-hybridized carbons (Fsp3) is 0.200. The molecule has 2 N–H and O–H groups in total. The van der Waals surface area contributed by atoms with E-state index >= 15 is 0 Å². The lowest BCUT2D eigenvalue weighted by molar-refractivity contribution is -0.117. The van der Waals surface area contributed by atoms with E-state index in [4.69, 9.17) is 0 Å². The van der Waals surface area contributed by atoms with Gasteiger partial charge in [-0.05, 0) is 42.7 Å². The summed E-state index contributed by atoms with van der Waals surface area (Å²) in [5, 5.41) is 4.68. The summed E-state index contributed by atoms with van der Waals surface area (Å²) in [5.74, 6) is -0.274. The molecule has 0 spiro atoms. The summed E-state index contributed by atoms with van der Waals surface area (Å²) in [6, 6.07) is 12.9. The Morgan fingerprint density at radius 3 is 2.67 bits per heavy atom. The molecule has 158 valence electrons. The van der Waals surface area contributed by atoms with Gasteiger partial charge in [-0.3, -0.25) is 4.79 Å². The molecule has 0 fully saturated rings. The highest BCUT2D eigenvalue weighted by molar-refractivity contribution is 7.98. The number of thioether (sulfide) groups is 1. The van der Waals surface area contributed by atoms with Gasteiger partial charge in [0.2, 0.25) is 15.9 Å². The standard InChI is InChI=1S/C20H20FN3O3S3/c1-28-11-10-17(24-30(26,27)16-8-3-2-4-9-16)19(25)23-20-22-18(13-29-20)14-6-5-7-15(21)12-14/h2-9,12-13,17,24H,10-11H2,1H3,(H,22,23,25). The van der Waals surface area contributed by atoms with Crippen molar-refractivity contribution in [1.29, 1.82) is 0 Å². The lowest BCUT2D eigenvalue weighted by Gasteiger charge is -2.17. The number of halogens is 1. The van der Waals surface area contributed by atoms with Gasteiger partial charge in [-0.1, -0.05) is 30.3 Å². The first-order chi connectivity index (χ1) is 14.4. The van der Waals surface area contributed by atoms with E-state index in [0.717, 1.165) is 0 Å². The Labute approximate surface area is 183 Å². The van der Waals surface area contributed by atoms with Gasteiger partial charge >= 0.3 is 0 Å². The Kier molecular flexibility index (Phi) is 7.59. The predicted molar refractivity (Wildman–Crippen MR) is 120 cm³/mol. The molecule has 0 aliphatic carbocycles. The zero-order valence-electron chi connectivity index (χ0n) is 16.0. The molecule has 2 aromatic carbocycles. The number of carbonyl (C=O) groups is 1. The van der Waals surface area contributed by atoms with Gasteiger partial charge in [0.1, 0.15) is 11.9 Å². The van der Waals surface area contributed by atoms with Crippen molar-refractivity contribution in [2.45, 2.75) is 17.4 Å². The van der Waals surface area contributed by atoms with Crippen LogP contribution in [0.3, 0.4) is 0 Å². The molecule has 1 heterocycles. The second-order valence-corrected chi connectivity index (χ2v) is 9.86. The summed E-state index contributed by atoms with van der Waals surface area (Å²) in [4.78, 5) is 17.2. The van der Waals surface area contributed by atoms with E-state index in [1.165, 1.54) is 47.4 Å². The quantitative estimate of drug-likeness (QED) is 0.499. The Hall–Kier alpha value is -2.27. The third-order valence-corrected chi connectivity index (χ3v) is 7.02. The van der Waals surface area contributed by atoms with Crippen LogP contribution in [0.2, 0.25) is 0 Å². The third kappa shape index (κ3) is 5.88. The number of aromatic nitrogens is 1. The highest BCUT2D eigenvalue weighted by Gasteiger charge is 2.26. The van der Waals surface area contributed by atoms with E-state index in [0.29, 0.717) is 28.6 Å². The minimum Gasteiger partial charge on any atom is -0.301 e. The van der Waals surface area contributed by atoms with Gasteiger partial charge in [-0.2, -0.15) is 16.5 Å².